The summed E-state index contributed by atoms with van der Waals surface area (Å²) in [5, 5.41) is 4.29. The number of hydrogen-bond acceptors (Lipinski definition) is 4. The first-order valence-corrected chi connectivity index (χ1v) is 8.21. The normalized spacial score (nSPS) is 19.3. The zero-order valence-electron chi connectivity index (χ0n) is 13.6. The standard InChI is InChI=1S/C17H26N4O/c1-3-21-8-4-6-16(21)13-20(14-17-7-5-9-22-17)12-15-10-18-19(2)11-15/h5,7,9-11,16H,3-4,6,8,12-14H2,1-2H3/t16-/m0/s1. The number of aryl methyl sites for hydroxylation is 1. The van der Waals surface area contributed by atoms with Crippen molar-refractivity contribution in [1.82, 2.24) is 19.6 Å². The Morgan fingerprint density at radius 2 is 2.32 bits per heavy atom. The third-order valence-electron chi connectivity index (χ3n) is 4.50. The van der Waals surface area contributed by atoms with Crippen molar-refractivity contribution in [3.8, 4) is 0 Å². The van der Waals surface area contributed by atoms with Crippen LogP contribution in [0.15, 0.2) is 35.2 Å². The van der Waals surface area contributed by atoms with Crippen molar-refractivity contribution in [2.45, 2.75) is 38.9 Å². The maximum atomic E-state index is 5.55. The molecule has 1 saturated heterocycles. The summed E-state index contributed by atoms with van der Waals surface area (Å²) in [5.74, 6) is 1.03. The number of likely N-dealkylation sites (N-methyl/N-ethyl adjacent to an activating group) is 1. The van der Waals surface area contributed by atoms with Gasteiger partial charge in [0.05, 0.1) is 19.0 Å². The number of nitrogens with zero attached hydrogens (tertiary/aromatic N) is 4. The van der Waals surface area contributed by atoms with Crippen LogP contribution in [0.1, 0.15) is 31.1 Å². The molecule has 0 N–H and O–H groups in total. The van der Waals surface area contributed by atoms with Crippen molar-refractivity contribution in [1.29, 1.82) is 0 Å². The van der Waals surface area contributed by atoms with Gasteiger partial charge in [0.1, 0.15) is 5.76 Å². The molecule has 0 radical (unpaired) electrons. The van der Waals surface area contributed by atoms with Crippen LogP contribution in [0, 0.1) is 0 Å². The average Bonchev–Trinajstić information content (AvgIpc) is 3.22. The van der Waals surface area contributed by atoms with Crippen molar-refractivity contribution in [3.05, 3.63) is 42.1 Å². The molecular formula is C17H26N4O. The summed E-state index contributed by atoms with van der Waals surface area (Å²) in [6.07, 6.45) is 8.43. The van der Waals surface area contributed by atoms with Crippen LogP contribution in [0.25, 0.3) is 0 Å². The summed E-state index contributed by atoms with van der Waals surface area (Å²) in [6, 6.07) is 4.69. The summed E-state index contributed by atoms with van der Waals surface area (Å²) in [4.78, 5) is 5.08. The van der Waals surface area contributed by atoms with E-state index in [0.29, 0.717) is 6.04 Å². The molecule has 0 amide bonds. The molecule has 0 bridgehead atoms. The lowest BCUT2D eigenvalue weighted by Crippen LogP contribution is -2.39. The van der Waals surface area contributed by atoms with Gasteiger partial charge >= 0.3 is 0 Å². The van der Waals surface area contributed by atoms with Gasteiger partial charge in [0.15, 0.2) is 0 Å². The lowest BCUT2D eigenvalue weighted by Gasteiger charge is -2.29. The summed E-state index contributed by atoms with van der Waals surface area (Å²) >= 11 is 0. The van der Waals surface area contributed by atoms with Crippen LogP contribution in [0.2, 0.25) is 0 Å². The quantitative estimate of drug-likeness (QED) is 0.787. The van der Waals surface area contributed by atoms with E-state index in [4.69, 9.17) is 4.42 Å². The minimum atomic E-state index is 0.664. The molecule has 1 aliphatic rings. The van der Waals surface area contributed by atoms with E-state index < -0.39 is 0 Å². The monoisotopic (exact) mass is 302 g/mol. The van der Waals surface area contributed by atoms with Crippen molar-refractivity contribution in [3.63, 3.8) is 0 Å². The third-order valence-corrected chi connectivity index (χ3v) is 4.50. The number of rotatable bonds is 7. The Morgan fingerprint density at radius 3 is 3.00 bits per heavy atom. The fraction of sp³-hybridized carbons (Fsp3) is 0.588. The van der Waals surface area contributed by atoms with Crippen LogP contribution in [0.4, 0.5) is 0 Å². The van der Waals surface area contributed by atoms with E-state index in [1.54, 1.807) is 6.26 Å². The van der Waals surface area contributed by atoms with E-state index in [-0.39, 0.29) is 0 Å². The van der Waals surface area contributed by atoms with E-state index in [0.717, 1.165) is 31.9 Å². The highest BCUT2D eigenvalue weighted by molar-refractivity contribution is 5.05. The first-order valence-electron chi connectivity index (χ1n) is 8.21. The Labute approximate surface area is 132 Å². The van der Waals surface area contributed by atoms with Crippen molar-refractivity contribution in [2.24, 2.45) is 7.05 Å². The second kappa shape index (κ2) is 7.11. The van der Waals surface area contributed by atoms with Gasteiger partial charge in [-0.25, -0.2) is 0 Å². The second-order valence-electron chi connectivity index (χ2n) is 6.20. The second-order valence-corrected chi connectivity index (χ2v) is 6.20. The average molecular weight is 302 g/mol. The van der Waals surface area contributed by atoms with Gasteiger partial charge in [-0.05, 0) is 38.1 Å². The van der Waals surface area contributed by atoms with Gasteiger partial charge in [-0.3, -0.25) is 14.5 Å². The highest BCUT2D eigenvalue weighted by atomic mass is 16.3. The minimum Gasteiger partial charge on any atom is -0.468 e. The molecule has 22 heavy (non-hydrogen) atoms. The van der Waals surface area contributed by atoms with Crippen LogP contribution >= 0.6 is 0 Å². The molecule has 5 heteroatoms. The van der Waals surface area contributed by atoms with Crippen molar-refractivity contribution < 1.29 is 4.42 Å². The van der Waals surface area contributed by atoms with Gasteiger partial charge < -0.3 is 4.42 Å². The van der Waals surface area contributed by atoms with Gasteiger partial charge in [0.2, 0.25) is 0 Å². The molecule has 1 aliphatic heterocycles. The number of furan rings is 1. The molecule has 2 aromatic heterocycles. The molecule has 0 saturated carbocycles. The predicted molar refractivity (Wildman–Crippen MR) is 86.3 cm³/mol. The maximum absolute atomic E-state index is 5.55. The molecule has 5 nitrogen and oxygen atoms in total. The van der Waals surface area contributed by atoms with Crippen molar-refractivity contribution >= 4 is 0 Å². The number of hydrogen-bond donors (Lipinski definition) is 0. The number of likely N-dealkylation sites (tertiary alicyclic amines) is 1. The van der Waals surface area contributed by atoms with Crippen molar-refractivity contribution in [2.75, 3.05) is 19.6 Å². The Kier molecular flexibility index (Phi) is 4.95. The lowest BCUT2D eigenvalue weighted by molar-refractivity contribution is 0.158. The summed E-state index contributed by atoms with van der Waals surface area (Å²) in [6.45, 7) is 7.51. The van der Waals surface area contributed by atoms with E-state index >= 15 is 0 Å². The molecule has 0 aliphatic carbocycles. The van der Waals surface area contributed by atoms with E-state index in [9.17, 15) is 0 Å². The maximum Gasteiger partial charge on any atom is 0.117 e. The highest BCUT2D eigenvalue weighted by Gasteiger charge is 2.25. The van der Waals surface area contributed by atoms with Gasteiger partial charge in [-0.1, -0.05) is 6.92 Å². The summed E-state index contributed by atoms with van der Waals surface area (Å²) < 4.78 is 7.42. The van der Waals surface area contributed by atoms with Gasteiger partial charge in [0, 0.05) is 37.9 Å². The minimum absolute atomic E-state index is 0.664. The Balaban J connectivity index is 1.67. The van der Waals surface area contributed by atoms with Gasteiger partial charge in [-0.2, -0.15) is 5.10 Å². The molecule has 1 fully saturated rings. The van der Waals surface area contributed by atoms with E-state index in [1.165, 1.54) is 24.9 Å². The molecular weight excluding hydrogens is 276 g/mol. The lowest BCUT2D eigenvalue weighted by atomic mass is 10.2. The fourth-order valence-electron chi connectivity index (χ4n) is 3.44. The van der Waals surface area contributed by atoms with Crippen LogP contribution in [-0.2, 0) is 20.1 Å². The molecule has 120 valence electrons. The molecule has 3 heterocycles. The smallest absolute Gasteiger partial charge is 0.117 e. The molecule has 1 atom stereocenters. The molecule has 0 spiro atoms. The van der Waals surface area contributed by atoms with E-state index in [1.807, 2.05) is 24.0 Å². The van der Waals surface area contributed by atoms with Crippen LogP contribution in [-0.4, -0.2) is 45.3 Å². The fourth-order valence-corrected chi connectivity index (χ4v) is 3.44. The molecule has 2 aromatic rings. The van der Waals surface area contributed by atoms with Gasteiger partial charge in [-0.15, -0.1) is 0 Å². The molecule has 3 rings (SSSR count). The Bertz CT molecular complexity index is 563. The third kappa shape index (κ3) is 3.78. The highest BCUT2D eigenvalue weighted by Crippen LogP contribution is 2.20. The first-order chi connectivity index (χ1) is 10.7. The van der Waals surface area contributed by atoms with Gasteiger partial charge in [0.25, 0.3) is 0 Å². The van der Waals surface area contributed by atoms with Crippen LogP contribution < -0.4 is 0 Å². The Morgan fingerprint density at radius 1 is 1.41 bits per heavy atom. The molecule has 0 unspecified atom stereocenters. The zero-order chi connectivity index (χ0) is 15.4. The predicted octanol–water partition coefficient (Wildman–Crippen LogP) is 2.50. The SMILES string of the molecule is CCN1CCC[C@H]1CN(Cc1cnn(C)c1)Cc1ccco1. The van der Waals surface area contributed by atoms with E-state index in [2.05, 4.69) is 34.1 Å². The summed E-state index contributed by atoms with van der Waals surface area (Å²) in [5.41, 5.74) is 1.26. The Hall–Kier alpha value is -1.59. The topological polar surface area (TPSA) is 37.4 Å². The first kappa shape index (κ1) is 15.3. The molecule has 0 aromatic carbocycles. The zero-order valence-corrected chi connectivity index (χ0v) is 13.6. The largest absolute Gasteiger partial charge is 0.468 e. The number of aromatic nitrogens is 2. The summed E-state index contributed by atoms with van der Waals surface area (Å²) in [7, 11) is 1.97. The van der Waals surface area contributed by atoms with Crippen LogP contribution in [0.3, 0.4) is 0 Å². The van der Waals surface area contributed by atoms with Crippen LogP contribution in [0.5, 0.6) is 0 Å².